The van der Waals surface area contributed by atoms with Crippen molar-refractivity contribution in [2.75, 3.05) is 45.3 Å². The molecule has 0 aliphatic carbocycles. The van der Waals surface area contributed by atoms with Gasteiger partial charge in [-0.25, -0.2) is 9.37 Å². The summed E-state index contributed by atoms with van der Waals surface area (Å²) in [5.74, 6) is 0.693. The summed E-state index contributed by atoms with van der Waals surface area (Å²) in [5.41, 5.74) is 4.68. The van der Waals surface area contributed by atoms with Gasteiger partial charge < -0.3 is 19.3 Å². The number of amides is 1. The molecule has 1 amide bonds. The highest BCUT2D eigenvalue weighted by molar-refractivity contribution is 6.07. The molecule has 0 N–H and O–H groups in total. The molecule has 1 aliphatic rings. The number of rotatable bonds is 5. The van der Waals surface area contributed by atoms with E-state index in [2.05, 4.69) is 24.0 Å². The molecule has 1 fully saturated rings. The number of aryl methyl sites for hydroxylation is 1. The molecule has 0 spiro atoms. The lowest BCUT2D eigenvalue weighted by Crippen LogP contribution is -2.49. The summed E-state index contributed by atoms with van der Waals surface area (Å²) < 4.78 is 25.1. The Morgan fingerprint density at radius 1 is 0.917 bits per heavy atom. The Bertz CT molecular complexity index is 1430. The van der Waals surface area contributed by atoms with Crippen molar-refractivity contribution < 1.29 is 18.7 Å². The van der Waals surface area contributed by atoms with E-state index in [1.165, 1.54) is 23.4 Å². The fourth-order valence-electron chi connectivity index (χ4n) is 4.76. The number of benzene rings is 3. The molecule has 1 aromatic heterocycles. The molecule has 4 aromatic rings. The number of ether oxygens (including phenoxy) is 2. The highest BCUT2D eigenvalue weighted by Gasteiger charge is 2.25. The zero-order valence-corrected chi connectivity index (χ0v) is 20.6. The highest BCUT2D eigenvalue weighted by Crippen LogP contribution is 2.35. The standard InChI is InChI=1S/C29H28FN3O3/c1-19-6-4-5-7-27(19)32-12-14-33(15-13-32)29(34)24-18-26(31-25-11-8-20(30)16-23(24)25)22-10-9-21(35-2)17-28(22)36-3/h4-11,16-18H,12-15H2,1-3H3. The van der Waals surface area contributed by atoms with Gasteiger partial charge in [0, 0.05) is 48.9 Å². The van der Waals surface area contributed by atoms with E-state index in [-0.39, 0.29) is 5.91 Å². The molecule has 7 heteroatoms. The fraction of sp³-hybridized carbons (Fsp3) is 0.241. The maximum absolute atomic E-state index is 14.2. The van der Waals surface area contributed by atoms with Crippen molar-refractivity contribution in [3.05, 3.63) is 83.7 Å². The molecule has 0 saturated carbocycles. The summed E-state index contributed by atoms with van der Waals surface area (Å²) in [6, 6.07) is 19.8. The van der Waals surface area contributed by atoms with Gasteiger partial charge in [-0.3, -0.25) is 4.79 Å². The third-order valence-electron chi connectivity index (χ3n) is 6.71. The Balaban J connectivity index is 1.50. The number of anilines is 1. The first-order chi connectivity index (χ1) is 17.5. The van der Waals surface area contributed by atoms with Gasteiger partial charge in [0.25, 0.3) is 5.91 Å². The lowest BCUT2D eigenvalue weighted by atomic mass is 10.0. The van der Waals surface area contributed by atoms with E-state index in [0.717, 1.165) is 18.7 Å². The summed E-state index contributed by atoms with van der Waals surface area (Å²) in [5, 5.41) is 0.498. The normalized spacial score (nSPS) is 13.7. The average Bonchev–Trinajstić information content (AvgIpc) is 2.92. The molecule has 5 rings (SSSR count). The van der Waals surface area contributed by atoms with Crippen LogP contribution in [0, 0.1) is 12.7 Å². The van der Waals surface area contributed by atoms with Crippen LogP contribution in [-0.2, 0) is 0 Å². The molecular weight excluding hydrogens is 457 g/mol. The smallest absolute Gasteiger partial charge is 0.254 e. The summed E-state index contributed by atoms with van der Waals surface area (Å²) in [4.78, 5) is 22.7. The Morgan fingerprint density at radius 2 is 1.69 bits per heavy atom. The second-order valence-electron chi connectivity index (χ2n) is 8.85. The number of piperazine rings is 1. The number of carbonyl (C=O) groups is 1. The molecule has 6 nitrogen and oxygen atoms in total. The van der Waals surface area contributed by atoms with Crippen molar-refractivity contribution in [2.45, 2.75) is 6.92 Å². The van der Waals surface area contributed by atoms with Crippen LogP contribution in [0.15, 0.2) is 66.7 Å². The quantitative estimate of drug-likeness (QED) is 0.383. The molecular formula is C29H28FN3O3. The maximum atomic E-state index is 14.2. The van der Waals surface area contributed by atoms with E-state index < -0.39 is 5.82 Å². The number of nitrogens with zero attached hydrogens (tertiary/aromatic N) is 3. The predicted molar refractivity (Wildman–Crippen MR) is 140 cm³/mol. The lowest BCUT2D eigenvalue weighted by molar-refractivity contribution is 0.0748. The first kappa shape index (κ1) is 23.6. The molecule has 3 aromatic carbocycles. The Labute approximate surface area is 209 Å². The Hall–Kier alpha value is -4.13. The van der Waals surface area contributed by atoms with E-state index in [4.69, 9.17) is 14.5 Å². The summed E-state index contributed by atoms with van der Waals surface area (Å²) in [6.45, 7) is 4.71. The molecule has 0 atom stereocenters. The fourth-order valence-corrected chi connectivity index (χ4v) is 4.76. The minimum absolute atomic E-state index is 0.133. The van der Waals surface area contributed by atoms with Crippen LogP contribution in [0.3, 0.4) is 0 Å². The predicted octanol–water partition coefficient (Wildman–Crippen LogP) is 5.33. The van der Waals surface area contributed by atoms with E-state index in [0.29, 0.717) is 46.7 Å². The Morgan fingerprint density at radius 3 is 2.42 bits per heavy atom. The SMILES string of the molecule is COc1ccc(-c2cc(C(=O)N3CCN(c4ccccc4C)CC3)c3cc(F)ccc3n2)c(OC)c1. The number of hydrogen-bond acceptors (Lipinski definition) is 5. The molecule has 1 saturated heterocycles. The van der Waals surface area contributed by atoms with Crippen molar-refractivity contribution in [3.8, 4) is 22.8 Å². The van der Waals surface area contributed by atoms with E-state index in [1.54, 1.807) is 32.4 Å². The number of aromatic nitrogens is 1. The molecule has 36 heavy (non-hydrogen) atoms. The van der Waals surface area contributed by atoms with Crippen LogP contribution in [0.5, 0.6) is 11.5 Å². The molecule has 0 radical (unpaired) electrons. The zero-order valence-electron chi connectivity index (χ0n) is 20.6. The van der Waals surface area contributed by atoms with Gasteiger partial charge in [-0.05, 0) is 55.0 Å². The number of hydrogen-bond donors (Lipinski definition) is 0. The maximum Gasteiger partial charge on any atom is 0.254 e. The van der Waals surface area contributed by atoms with Crippen LogP contribution < -0.4 is 14.4 Å². The minimum atomic E-state index is -0.405. The van der Waals surface area contributed by atoms with Gasteiger partial charge >= 0.3 is 0 Å². The van der Waals surface area contributed by atoms with Crippen LogP contribution in [0.1, 0.15) is 15.9 Å². The largest absolute Gasteiger partial charge is 0.497 e. The number of pyridine rings is 1. The second kappa shape index (κ2) is 9.85. The van der Waals surface area contributed by atoms with Crippen LogP contribution in [0.2, 0.25) is 0 Å². The molecule has 184 valence electrons. The number of fused-ring (bicyclic) bond motifs is 1. The second-order valence-corrected chi connectivity index (χ2v) is 8.85. The van der Waals surface area contributed by atoms with Gasteiger partial charge in [-0.2, -0.15) is 0 Å². The number of halogens is 1. The highest BCUT2D eigenvalue weighted by atomic mass is 19.1. The van der Waals surface area contributed by atoms with Crippen LogP contribution >= 0.6 is 0 Å². The van der Waals surface area contributed by atoms with Crippen molar-refractivity contribution in [3.63, 3.8) is 0 Å². The number of para-hydroxylation sites is 1. The van der Waals surface area contributed by atoms with Gasteiger partial charge in [0.2, 0.25) is 0 Å². The minimum Gasteiger partial charge on any atom is -0.497 e. The monoisotopic (exact) mass is 485 g/mol. The van der Waals surface area contributed by atoms with Crippen molar-refractivity contribution in [1.82, 2.24) is 9.88 Å². The first-order valence-electron chi connectivity index (χ1n) is 11.9. The zero-order chi connectivity index (χ0) is 25.2. The van der Waals surface area contributed by atoms with Crippen molar-refractivity contribution in [2.24, 2.45) is 0 Å². The number of carbonyl (C=O) groups excluding carboxylic acids is 1. The van der Waals surface area contributed by atoms with E-state index >= 15 is 0 Å². The van der Waals surface area contributed by atoms with Crippen LogP contribution in [0.4, 0.5) is 10.1 Å². The third-order valence-corrected chi connectivity index (χ3v) is 6.71. The summed E-state index contributed by atoms with van der Waals surface area (Å²) in [7, 11) is 3.17. The summed E-state index contributed by atoms with van der Waals surface area (Å²) >= 11 is 0. The van der Waals surface area contributed by atoms with E-state index in [9.17, 15) is 9.18 Å². The van der Waals surface area contributed by atoms with Crippen LogP contribution in [-0.4, -0.2) is 56.2 Å². The van der Waals surface area contributed by atoms with Gasteiger partial charge in [0.05, 0.1) is 31.0 Å². The summed E-state index contributed by atoms with van der Waals surface area (Å²) in [6.07, 6.45) is 0. The van der Waals surface area contributed by atoms with Gasteiger partial charge in [-0.1, -0.05) is 18.2 Å². The number of methoxy groups -OCH3 is 2. The third kappa shape index (κ3) is 4.44. The molecule has 0 bridgehead atoms. The van der Waals surface area contributed by atoms with Crippen molar-refractivity contribution in [1.29, 1.82) is 0 Å². The van der Waals surface area contributed by atoms with Crippen LogP contribution in [0.25, 0.3) is 22.2 Å². The average molecular weight is 486 g/mol. The van der Waals surface area contributed by atoms with Crippen molar-refractivity contribution >= 4 is 22.5 Å². The molecule has 1 aliphatic heterocycles. The van der Waals surface area contributed by atoms with Gasteiger partial charge in [-0.15, -0.1) is 0 Å². The van der Waals surface area contributed by atoms with Gasteiger partial charge in [0.15, 0.2) is 0 Å². The lowest BCUT2D eigenvalue weighted by Gasteiger charge is -2.37. The Kier molecular flexibility index (Phi) is 6.46. The van der Waals surface area contributed by atoms with Gasteiger partial charge in [0.1, 0.15) is 17.3 Å². The molecule has 2 heterocycles. The first-order valence-corrected chi connectivity index (χ1v) is 11.9. The topological polar surface area (TPSA) is 54.9 Å². The van der Waals surface area contributed by atoms with E-state index in [1.807, 2.05) is 29.2 Å². The molecule has 0 unspecified atom stereocenters.